The standard InChI is InChI=1S/C16H22ClN3O3/c1-2-23-16(22)12-5-6-15(13(9-12)10-14(21)11-17)18-19-20-7-3-4-8-20/h5-6,9,14,21H,2-4,7-8,10-11H2,1H3. The van der Waals surface area contributed by atoms with Crippen LogP contribution in [0.25, 0.3) is 0 Å². The van der Waals surface area contributed by atoms with E-state index < -0.39 is 12.1 Å². The molecule has 1 atom stereocenters. The van der Waals surface area contributed by atoms with E-state index in [9.17, 15) is 9.90 Å². The Labute approximate surface area is 141 Å². The largest absolute Gasteiger partial charge is 0.462 e. The number of hydrogen-bond donors (Lipinski definition) is 1. The average Bonchev–Trinajstić information content (AvgIpc) is 3.07. The Kier molecular flexibility index (Phi) is 6.80. The molecule has 0 spiro atoms. The van der Waals surface area contributed by atoms with Gasteiger partial charge in [0.25, 0.3) is 0 Å². The van der Waals surface area contributed by atoms with Gasteiger partial charge in [0.1, 0.15) is 0 Å². The van der Waals surface area contributed by atoms with E-state index in [1.54, 1.807) is 25.1 Å². The molecule has 7 heteroatoms. The van der Waals surface area contributed by atoms with E-state index in [4.69, 9.17) is 16.3 Å². The van der Waals surface area contributed by atoms with Crippen LogP contribution in [0.1, 0.15) is 35.7 Å². The highest BCUT2D eigenvalue weighted by atomic mass is 35.5. The highest BCUT2D eigenvalue weighted by Crippen LogP contribution is 2.24. The summed E-state index contributed by atoms with van der Waals surface area (Å²) in [5, 5.41) is 20.2. The van der Waals surface area contributed by atoms with Gasteiger partial charge in [-0.3, -0.25) is 5.01 Å². The lowest BCUT2D eigenvalue weighted by molar-refractivity contribution is 0.0526. The van der Waals surface area contributed by atoms with Crippen molar-refractivity contribution in [2.24, 2.45) is 10.3 Å². The van der Waals surface area contributed by atoms with Crippen molar-refractivity contribution in [3.63, 3.8) is 0 Å². The minimum Gasteiger partial charge on any atom is -0.462 e. The zero-order valence-corrected chi connectivity index (χ0v) is 14.0. The van der Waals surface area contributed by atoms with Crippen molar-refractivity contribution in [1.82, 2.24) is 5.01 Å². The first-order valence-electron chi connectivity index (χ1n) is 7.84. The maximum atomic E-state index is 11.9. The molecule has 23 heavy (non-hydrogen) atoms. The number of esters is 1. The second-order valence-electron chi connectivity index (χ2n) is 5.43. The quantitative estimate of drug-likeness (QED) is 0.470. The molecule has 1 N–H and O–H groups in total. The van der Waals surface area contributed by atoms with Gasteiger partial charge in [-0.1, -0.05) is 5.22 Å². The summed E-state index contributed by atoms with van der Waals surface area (Å²) in [4.78, 5) is 11.9. The molecule has 1 fully saturated rings. The zero-order valence-electron chi connectivity index (χ0n) is 13.2. The molecule has 0 radical (unpaired) electrons. The van der Waals surface area contributed by atoms with E-state index in [0.29, 0.717) is 24.3 Å². The van der Waals surface area contributed by atoms with Gasteiger partial charge in [0.15, 0.2) is 0 Å². The molecular formula is C16H22ClN3O3. The van der Waals surface area contributed by atoms with Crippen LogP contribution in [0.4, 0.5) is 5.69 Å². The Balaban J connectivity index is 2.22. The summed E-state index contributed by atoms with van der Waals surface area (Å²) >= 11 is 5.68. The fraction of sp³-hybridized carbons (Fsp3) is 0.562. The number of nitrogens with zero attached hydrogens (tertiary/aromatic N) is 3. The van der Waals surface area contributed by atoms with E-state index in [1.165, 1.54) is 0 Å². The lowest BCUT2D eigenvalue weighted by Crippen LogP contribution is -2.13. The minimum absolute atomic E-state index is 0.117. The predicted molar refractivity (Wildman–Crippen MR) is 88.2 cm³/mol. The van der Waals surface area contributed by atoms with Gasteiger partial charge in [-0.25, -0.2) is 4.79 Å². The van der Waals surface area contributed by atoms with E-state index in [-0.39, 0.29) is 5.88 Å². The van der Waals surface area contributed by atoms with Crippen LogP contribution in [0.15, 0.2) is 28.5 Å². The molecule has 0 bridgehead atoms. The SMILES string of the molecule is CCOC(=O)c1ccc(N=NN2CCCC2)c(CC(O)CCl)c1. The van der Waals surface area contributed by atoms with Crippen LogP contribution in [-0.2, 0) is 11.2 Å². The lowest BCUT2D eigenvalue weighted by atomic mass is 10.0. The summed E-state index contributed by atoms with van der Waals surface area (Å²) in [6.45, 7) is 3.89. The number of aliphatic hydroxyl groups excluding tert-OH is 1. The zero-order chi connectivity index (χ0) is 16.7. The van der Waals surface area contributed by atoms with E-state index >= 15 is 0 Å². The van der Waals surface area contributed by atoms with Gasteiger partial charge >= 0.3 is 5.97 Å². The lowest BCUT2D eigenvalue weighted by Gasteiger charge is -2.12. The second-order valence-corrected chi connectivity index (χ2v) is 5.74. The number of carbonyl (C=O) groups is 1. The van der Waals surface area contributed by atoms with Crippen LogP contribution >= 0.6 is 11.6 Å². The first-order chi connectivity index (χ1) is 11.1. The molecule has 1 aromatic carbocycles. The third-order valence-corrected chi connectivity index (χ3v) is 3.94. The van der Waals surface area contributed by atoms with Crippen molar-refractivity contribution in [3.8, 4) is 0 Å². The topological polar surface area (TPSA) is 74.5 Å². The number of aliphatic hydroxyl groups is 1. The smallest absolute Gasteiger partial charge is 0.338 e. The molecule has 1 unspecified atom stereocenters. The Morgan fingerprint density at radius 2 is 2.17 bits per heavy atom. The number of rotatable bonds is 7. The van der Waals surface area contributed by atoms with Crippen LogP contribution in [0, 0.1) is 0 Å². The first kappa shape index (κ1) is 17.7. The van der Waals surface area contributed by atoms with Gasteiger partial charge in [-0.15, -0.1) is 16.7 Å². The van der Waals surface area contributed by atoms with Crippen molar-refractivity contribution < 1.29 is 14.6 Å². The molecule has 1 aromatic rings. The molecule has 1 saturated heterocycles. The van der Waals surface area contributed by atoms with Crippen molar-refractivity contribution >= 4 is 23.3 Å². The van der Waals surface area contributed by atoms with Crippen molar-refractivity contribution in [2.45, 2.75) is 32.3 Å². The number of hydrogen-bond acceptors (Lipinski definition) is 5. The maximum absolute atomic E-state index is 11.9. The molecular weight excluding hydrogens is 318 g/mol. The first-order valence-corrected chi connectivity index (χ1v) is 8.38. The van der Waals surface area contributed by atoms with Crippen LogP contribution < -0.4 is 0 Å². The molecule has 0 saturated carbocycles. The number of carbonyl (C=O) groups excluding carboxylic acids is 1. The maximum Gasteiger partial charge on any atom is 0.338 e. The van der Waals surface area contributed by atoms with Crippen LogP contribution in [-0.4, -0.2) is 47.8 Å². The highest BCUT2D eigenvalue weighted by molar-refractivity contribution is 6.18. The molecule has 126 valence electrons. The minimum atomic E-state index is -0.699. The number of halogens is 1. The van der Waals surface area contributed by atoms with E-state index in [0.717, 1.165) is 31.5 Å². The fourth-order valence-corrected chi connectivity index (χ4v) is 2.51. The van der Waals surface area contributed by atoms with Gasteiger partial charge in [0.05, 0.1) is 24.0 Å². The second kappa shape index (κ2) is 8.84. The Morgan fingerprint density at radius 3 is 2.83 bits per heavy atom. The number of ether oxygens (including phenoxy) is 1. The van der Waals surface area contributed by atoms with Crippen molar-refractivity contribution in [2.75, 3.05) is 25.6 Å². The monoisotopic (exact) mass is 339 g/mol. The van der Waals surface area contributed by atoms with Crippen LogP contribution in [0.3, 0.4) is 0 Å². The van der Waals surface area contributed by atoms with Crippen LogP contribution in [0.5, 0.6) is 0 Å². The van der Waals surface area contributed by atoms with Gasteiger partial charge in [0, 0.05) is 25.4 Å². The molecule has 1 aliphatic heterocycles. The Morgan fingerprint density at radius 1 is 1.43 bits per heavy atom. The summed E-state index contributed by atoms with van der Waals surface area (Å²) in [5.74, 6) is -0.274. The third-order valence-electron chi connectivity index (χ3n) is 3.59. The molecule has 0 amide bonds. The Bertz CT molecular complexity index is 560. The summed E-state index contributed by atoms with van der Waals surface area (Å²) in [6.07, 6.45) is 1.86. The highest BCUT2D eigenvalue weighted by Gasteiger charge is 2.14. The van der Waals surface area contributed by atoms with Crippen molar-refractivity contribution in [1.29, 1.82) is 0 Å². The summed E-state index contributed by atoms with van der Waals surface area (Å²) in [5.41, 5.74) is 1.80. The third kappa shape index (κ3) is 5.18. The summed E-state index contributed by atoms with van der Waals surface area (Å²) in [6, 6.07) is 5.07. The van der Waals surface area contributed by atoms with Crippen molar-refractivity contribution in [3.05, 3.63) is 29.3 Å². The number of benzene rings is 1. The molecule has 0 aromatic heterocycles. The van der Waals surface area contributed by atoms with Gasteiger partial charge in [-0.05, 0) is 43.5 Å². The average molecular weight is 340 g/mol. The molecule has 6 nitrogen and oxygen atoms in total. The van der Waals surface area contributed by atoms with E-state index in [2.05, 4.69) is 10.3 Å². The molecule has 2 rings (SSSR count). The van der Waals surface area contributed by atoms with Gasteiger partial charge in [0.2, 0.25) is 0 Å². The van der Waals surface area contributed by atoms with Crippen LogP contribution in [0.2, 0.25) is 0 Å². The molecule has 1 heterocycles. The fourth-order valence-electron chi connectivity index (χ4n) is 2.40. The Hall–Kier alpha value is -1.66. The summed E-state index contributed by atoms with van der Waals surface area (Å²) < 4.78 is 5.01. The normalized spacial score (nSPS) is 16.0. The number of alkyl halides is 1. The van der Waals surface area contributed by atoms with Gasteiger partial charge in [-0.2, -0.15) is 0 Å². The summed E-state index contributed by atoms with van der Waals surface area (Å²) in [7, 11) is 0. The van der Waals surface area contributed by atoms with E-state index in [1.807, 2.05) is 5.01 Å². The molecule has 0 aliphatic carbocycles. The van der Waals surface area contributed by atoms with Gasteiger partial charge < -0.3 is 9.84 Å². The predicted octanol–water partition coefficient (Wildman–Crippen LogP) is 3.10. The molecule has 1 aliphatic rings.